The zero-order valence-corrected chi connectivity index (χ0v) is 9.96. The maximum absolute atomic E-state index is 5.83. The highest BCUT2D eigenvalue weighted by Gasteiger charge is 2.07. The van der Waals surface area contributed by atoms with Gasteiger partial charge >= 0.3 is 0 Å². The first-order valence-corrected chi connectivity index (χ1v) is 5.84. The normalized spacial score (nSPS) is 11.1. The molecule has 0 atom stereocenters. The van der Waals surface area contributed by atoms with Crippen LogP contribution in [-0.2, 0) is 13.1 Å². The Bertz CT molecular complexity index is 485. The van der Waals surface area contributed by atoms with Gasteiger partial charge in [-0.05, 0) is 31.2 Å². The summed E-state index contributed by atoms with van der Waals surface area (Å²) in [5.74, 6) is 0. The molecule has 0 amide bonds. The number of hydrogen-bond donors (Lipinski definition) is 2. The third-order valence-electron chi connectivity index (χ3n) is 2.89. The highest BCUT2D eigenvalue weighted by atomic mass is 15.0. The van der Waals surface area contributed by atoms with Crippen LogP contribution >= 0.6 is 0 Å². The Labute approximate surface area is 96.2 Å². The SMILES string of the molecule is CCNCc1cn(CC)c2cc(N)ccc12. The molecule has 2 aromatic rings. The molecule has 3 nitrogen and oxygen atoms in total. The Morgan fingerprint density at radius 3 is 2.81 bits per heavy atom. The Morgan fingerprint density at radius 1 is 1.31 bits per heavy atom. The Balaban J connectivity index is 2.50. The fourth-order valence-electron chi connectivity index (χ4n) is 2.05. The van der Waals surface area contributed by atoms with E-state index >= 15 is 0 Å². The predicted octanol–water partition coefficient (Wildman–Crippen LogP) is 2.35. The van der Waals surface area contributed by atoms with E-state index < -0.39 is 0 Å². The number of benzene rings is 1. The lowest BCUT2D eigenvalue weighted by Gasteiger charge is -2.01. The first kappa shape index (κ1) is 11.0. The Morgan fingerprint density at radius 2 is 2.12 bits per heavy atom. The van der Waals surface area contributed by atoms with Crippen molar-refractivity contribution >= 4 is 16.6 Å². The van der Waals surface area contributed by atoms with Gasteiger partial charge in [-0.25, -0.2) is 0 Å². The number of hydrogen-bond acceptors (Lipinski definition) is 2. The third-order valence-corrected chi connectivity index (χ3v) is 2.89. The van der Waals surface area contributed by atoms with Crippen LogP contribution in [0.4, 0.5) is 5.69 Å². The number of nitrogens with zero attached hydrogens (tertiary/aromatic N) is 1. The Kier molecular flexibility index (Phi) is 3.15. The third kappa shape index (κ3) is 1.91. The number of nitrogens with two attached hydrogens (primary N) is 1. The Hall–Kier alpha value is -1.48. The van der Waals surface area contributed by atoms with Gasteiger partial charge in [-0.3, -0.25) is 0 Å². The molecule has 3 heteroatoms. The van der Waals surface area contributed by atoms with E-state index in [1.807, 2.05) is 12.1 Å². The molecule has 1 aromatic carbocycles. The average Bonchev–Trinajstić information content (AvgIpc) is 2.63. The van der Waals surface area contributed by atoms with Crippen molar-refractivity contribution in [3.05, 3.63) is 30.0 Å². The molecule has 1 aromatic heterocycles. The molecule has 0 saturated carbocycles. The minimum Gasteiger partial charge on any atom is -0.399 e. The fourth-order valence-corrected chi connectivity index (χ4v) is 2.05. The molecular formula is C13H19N3. The van der Waals surface area contributed by atoms with Crippen LogP contribution in [0, 0.1) is 0 Å². The molecule has 0 fully saturated rings. The standard InChI is InChI=1S/C13H19N3/c1-3-15-8-10-9-16(4-2)13-7-11(14)5-6-12(10)13/h5-7,9,15H,3-4,8,14H2,1-2H3. The van der Waals surface area contributed by atoms with Gasteiger partial charge in [0.25, 0.3) is 0 Å². The lowest BCUT2D eigenvalue weighted by Crippen LogP contribution is -2.11. The smallest absolute Gasteiger partial charge is 0.0504 e. The van der Waals surface area contributed by atoms with Crippen LogP contribution in [0.1, 0.15) is 19.4 Å². The number of nitrogens with one attached hydrogen (secondary N) is 1. The van der Waals surface area contributed by atoms with Gasteiger partial charge < -0.3 is 15.6 Å². The number of aromatic nitrogens is 1. The summed E-state index contributed by atoms with van der Waals surface area (Å²) in [6.45, 7) is 7.17. The largest absolute Gasteiger partial charge is 0.399 e. The average molecular weight is 217 g/mol. The quantitative estimate of drug-likeness (QED) is 0.772. The van der Waals surface area contributed by atoms with E-state index in [0.29, 0.717) is 0 Å². The van der Waals surface area contributed by atoms with E-state index in [1.54, 1.807) is 0 Å². The summed E-state index contributed by atoms with van der Waals surface area (Å²) >= 11 is 0. The summed E-state index contributed by atoms with van der Waals surface area (Å²) in [5.41, 5.74) is 9.23. The predicted molar refractivity (Wildman–Crippen MR) is 69.4 cm³/mol. The second kappa shape index (κ2) is 4.58. The van der Waals surface area contributed by atoms with Gasteiger partial charge in [0.1, 0.15) is 0 Å². The summed E-state index contributed by atoms with van der Waals surface area (Å²) in [6.07, 6.45) is 2.22. The minimum atomic E-state index is 0.829. The molecule has 0 saturated heterocycles. The molecule has 0 radical (unpaired) electrons. The molecule has 0 unspecified atom stereocenters. The van der Waals surface area contributed by atoms with Crippen molar-refractivity contribution < 1.29 is 0 Å². The first-order valence-electron chi connectivity index (χ1n) is 5.84. The van der Waals surface area contributed by atoms with E-state index in [9.17, 15) is 0 Å². The number of fused-ring (bicyclic) bond motifs is 1. The maximum Gasteiger partial charge on any atom is 0.0504 e. The molecule has 16 heavy (non-hydrogen) atoms. The fraction of sp³-hybridized carbons (Fsp3) is 0.385. The topological polar surface area (TPSA) is 43.0 Å². The van der Waals surface area contributed by atoms with Crippen molar-refractivity contribution in [2.24, 2.45) is 0 Å². The molecule has 0 bridgehead atoms. The van der Waals surface area contributed by atoms with E-state index in [0.717, 1.165) is 25.3 Å². The molecule has 3 N–H and O–H groups in total. The first-order chi connectivity index (χ1) is 7.76. The van der Waals surface area contributed by atoms with Crippen LogP contribution in [0.3, 0.4) is 0 Å². The van der Waals surface area contributed by atoms with Gasteiger partial charge in [0.05, 0.1) is 5.52 Å². The van der Waals surface area contributed by atoms with Gasteiger partial charge in [-0.1, -0.05) is 13.0 Å². The van der Waals surface area contributed by atoms with E-state index in [4.69, 9.17) is 5.73 Å². The molecule has 0 aliphatic rings. The van der Waals surface area contributed by atoms with E-state index in [2.05, 4.69) is 36.0 Å². The van der Waals surface area contributed by atoms with Crippen LogP contribution in [-0.4, -0.2) is 11.1 Å². The van der Waals surface area contributed by atoms with Crippen LogP contribution in [0.5, 0.6) is 0 Å². The monoisotopic (exact) mass is 217 g/mol. The molecular weight excluding hydrogens is 198 g/mol. The van der Waals surface area contributed by atoms with Crippen LogP contribution < -0.4 is 11.1 Å². The maximum atomic E-state index is 5.83. The van der Waals surface area contributed by atoms with E-state index in [-0.39, 0.29) is 0 Å². The molecule has 2 rings (SSSR count). The van der Waals surface area contributed by atoms with Gasteiger partial charge in [0.2, 0.25) is 0 Å². The second-order valence-electron chi connectivity index (χ2n) is 4.00. The number of aryl methyl sites for hydroxylation is 1. The van der Waals surface area contributed by atoms with Gasteiger partial charge in [-0.15, -0.1) is 0 Å². The second-order valence-corrected chi connectivity index (χ2v) is 4.00. The van der Waals surface area contributed by atoms with Crippen molar-refractivity contribution in [2.45, 2.75) is 26.9 Å². The molecule has 1 heterocycles. The number of rotatable bonds is 4. The number of anilines is 1. The van der Waals surface area contributed by atoms with Gasteiger partial charge in [0.15, 0.2) is 0 Å². The molecule has 0 aliphatic carbocycles. The zero-order chi connectivity index (χ0) is 11.5. The van der Waals surface area contributed by atoms with Gasteiger partial charge in [0, 0.05) is 30.4 Å². The van der Waals surface area contributed by atoms with Crippen molar-refractivity contribution in [1.82, 2.24) is 9.88 Å². The lowest BCUT2D eigenvalue weighted by molar-refractivity contribution is 0.721. The van der Waals surface area contributed by atoms with Crippen LogP contribution in [0.25, 0.3) is 10.9 Å². The van der Waals surface area contributed by atoms with Crippen molar-refractivity contribution in [2.75, 3.05) is 12.3 Å². The highest BCUT2D eigenvalue weighted by molar-refractivity contribution is 5.86. The van der Waals surface area contributed by atoms with Crippen LogP contribution in [0.2, 0.25) is 0 Å². The van der Waals surface area contributed by atoms with Crippen LogP contribution in [0.15, 0.2) is 24.4 Å². The van der Waals surface area contributed by atoms with Crippen molar-refractivity contribution in [3.63, 3.8) is 0 Å². The summed E-state index contributed by atoms with van der Waals surface area (Å²) in [5, 5.41) is 4.67. The summed E-state index contributed by atoms with van der Waals surface area (Å²) in [4.78, 5) is 0. The number of nitrogen functional groups attached to an aromatic ring is 1. The summed E-state index contributed by atoms with van der Waals surface area (Å²) in [6, 6.07) is 6.13. The molecule has 86 valence electrons. The zero-order valence-electron chi connectivity index (χ0n) is 9.96. The summed E-state index contributed by atoms with van der Waals surface area (Å²) in [7, 11) is 0. The highest BCUT2D eigenvalue weighted by Crippen LogP contribution is 2.23. The van der Waals surface area contributed by atoms with E-state index in [1.165, 1.54) is 16.5 Å². The minimum absolute atomic E-state index is 0.829. The molecule has 0 aliphatic heterocycles. The lowest BCUT2D eigenvalue weighted by atomic mass is 10.1. The van der Waals surface area contributed by atoms with Crippen molar-refractivity contribution in [3.8, 4) is 0 Å². The summed E-state index contributed by atoms with van der Waals surface area (Å²) < 4.78 is 2.25. The van der Waals surface area contributed by atoms with Gasteiger partial charge in [-0.2, -0.15) is 0 Å². The van der Waals surface area contributed by atoms with Crippen molar-refractivity contribution in [1.29, 1.82) is 0 Å². The molecule has 0 spiro atoms.